The first kappa shape index (κ1) is 12.0. The van der Waals surface area contributed by atoms with Gasteiger partial charge in [0.15, 0.2) is 0 Å². The molecule has 84 valence electrons. The average Bonchev–Trinajstić information content (AvgIpc) is 2.14. The van der Waals surface area contributed by atoms with Gasteiger partial charge in [0.2, 0.25) is 0 Å². The van der Waals surface area contributed by atoms with Crippen molar-refractivity contribution in [2.45, 2.75) is 64.6 Å². The molecule has 0 radical (unpaired) electrons. The molecular weight excluding hydrogens is 174 g/mol. The lowest BCUT2D eigenvalue weighted by Gasteiger charge is -2.43. The van der Waals surface area contributed by atoms with Crippen molar-refractivity contribution < 1.29 is 4.74 Å². The fraction of sp³-hybridized carbons (Fsp3) is 1.00. The van der Waals surface area contributed by atoms with Crippen molar-refractivity contribution in [2.24, 2.45) is 0 Å². The third kappa shape index (κ3) is 3.25. The summed E-state index contributed by atoms with van der Waals surface area (Å²) in [5.41, 5.74) is 0.234. The second-order valence-electron chi connectivity index (χ2n) is 4.48. The van der Waals surface area contributed by atoms with Crippen LogP contribution < -0.4 is 5.32 Å². The SMILES string of the molecule is CCNCCC1(OC(C)CC)CCC1. The molecule has 1 saturated carbocycles. The third-order valence-corrected chi connectivity index (χ3v) is 3.30. The van der Waals surface area contributed by atoms with E-state index in [0.717, 1.165) is 19.5 Å². The molecule has 1 unspecified atom stereocenters. The quantitative estimate of drug-likeness (QED) is 0.637. The van der Waals surface area contributed by atoms with E-state index in [1.165, 1.54) is 25.7 Å². The highest BCUT2D eigenvalue weighted by Crippen LogP contribution is 2.39. The van der Waals surface area contributed by atoms with E-state index in [0.29, 0.717) is 6.10 Å². The van der Waals surface area contributed by atoms with Crippen LogP contribution in [0.5, 0.6) is 0 Å². The largest absolute Gasteiger partial charge is 0.372 e. The van der Waals surface area contributed by atoms with Crippen LogP contribution in [0.1, 0.15) is 52.9 Å². The molecule has 1 N–H and O–H groups in total. The summed E-state index contributed by atoms with van der Waals surface area (Å²) in [6.07, 6.45) is 6.62. The Morgan fingerprint density at radius 3 is 2.50 bits per heavy atom. The molecule has 0 aromatic heterocycles. The molecule has 14 heavy (non-hydrogen) atoms. The highest BCUT2D eigenvalue weighted by molar-refractivity contribution is 4.90. The van der Waals surface area contributed by atoms with Crippen molar-refractivity contribution in [3.63, 3.8) is 0 Å². The molecule has 1 aliphatic rings. The molecule has 0 aromatic carbocycles. The Balaban J connectivity index is 2.26. The van der Waals surface area contributed by atoms with Crippen LogP contribution in [-0.4, -0.2) is 24.8 Å². The summed E-state index contributed by atoms with van der Waals surface area (Å²) in [6, 6.07) is 0. The minimum atomic E-state index is 0.234. The second-order valence-corrected chi connectivity index (χ2v) is 4.48. The molecule has 0 aliphatic heterocycles. The van der Waals surface area contributed by atoms with E-state index in [9.17, 15) is 0 Å². The molecule has 0 spiro atoms. The van der Waals surface area contributed by atoms with Crippen molar-refractivity contribution in [3.8, 4) is 0 Å². The lowest BCUT2D eigenvalue weighted by Crippen LogP contribution is -2.44. The van der Waals surface area contributed by atoms with Gasteiger partial charge in [-0.2, -0.15) is 0 Å². The molecule has 0 amide bonds. The normalized spacial score (nSPS) is 21.6. The molecule has 1 atom stereocenters. The average molecular weight is 199 g/mol. The second kappa shape index (κ2) is 5.72. The predicted molar refractivity (Wildman–Crippen MR) is 60.6 cm³/mol. The Labute approximate surface area is 88.4 Å². The van der Waals surface area contributed by atoms with Crippen molar-refractivity contribution in [1.82, 2.24) is 5.32 Å². The number of ether oxygens (including phenoxy) is 1. The van der Waals surface area contributed by atoms with Crippen LogP contribution in [-0.2, 0) is 4.74 Å². The number of nitrogens with one attached hydrogen (secondary N) is 1. The zero-order valence-corrected chi connectivity index (χ0v) is 9.94. The van der Waals surface area contributed by atoms with Gasteiger partial charge in [-0.25, -0.2) is 0 Å². The summed E-state index contributed by atoms with van der Waals surface area (Å²) in [7, 11) is 0. The van der Waals surface area contributed by atoms with E-state index in [2.05, 4.69) is 26.1 Å². The lowest BCUT2D eigenvalue weighted by molar-refractivity contribution is -0.138. The van der Waals surface area contributed by atoms with E-state index in [4.69, 9.17) is 4.74 Å². The molecule has 2 heteroatoms. The van der Waals surface area contributed by atoms with Crippen LogP contribution in [0.25, 0.3) is 0 Å². The maximum absolute atomic E-state index is 6.13. The summed E-state index contributed by atoms with van der Waals surface area (Å²) in [6.45, 7) is 8.71. The van der Waals surface area contributed by atoms with E-state index in [1.54, 1.807) is 0 Å². The first-order chi connectivity index (χ1) is 6.72. The third-order valence-electron chi connectivity index (χ3n) is 3.30. The van der Waals surface area contributed by atoms with Gasteiger partial charge in [0.25, 0.3) is 0 Å². The standard InChI is InChI=1S/C12H25NO/c1-4-11(3)14-12(7-6-8-12)9-10-13-5-2/h11,13H,4-10H2,1-3H3. The highest BCUT2D eigenvalue weighted by Gasteiger charge is 2.38. The van der Waals surface area contributed by atoms with Crippen LogP contribution in [0.3, 0.4) is 0 Å². The van der Waals surface area contributed by atoms with E-state index < -0.39 is 0 Å². The molecular formula is C12H25NO. The molecule has 2 nitrogen and oxygen atoms in total. The van der Waals surface area contributed by atoms with Crippen LogP contribution in [0, 0.1) is 0 Å². The Morgan fingerprint density at radius 1 is 1.36 bits per heavy atom. The van der Waals surface area contributed by atoms with Crippen molar-refractivity contribution in [2.75, 3.05) is 13.1 Å². The minimum absolute atomic E-state index is 0.234. The van der Waals surface area contributed by atoms with Crippen molar-refractivity contribution in [1.29, 1.82) is 0 Å². The summed E-state index contributed by atoms with van der Waals surface area (Å²) in [5, 5.41) is 3.38. The summed E-state index contributed by atoms with van der Waals surface area (Å²) < 4.78 is 6.13. The smallest absolute Gasteiger partial charge is 0.0698 e. The van der Waals surface area contributed by atoms with Gasteiger partial charge >= 0.3 is 0 Å². The topological polar surface area (TPSA) is 21.3 Å². The Morgan fingerprint density at radius 2 is 2.07 bits per heavy atom. The van der Waals surface area contributed by atoms with Crippen molar-refractivity contribution >= 4 is 0 Å². The molecule has 0 heterocycles. The zero-order valence-electron chi connectivity index (χ0n) is 9.94. The van der Waals surface area contributed by atoms with Gasteiger partial charge in [0.05, 0.1) is 11.7 Å². The van der Waals surface area contributed by atoms with Gasteiger partial charge in [0, 0.05) is 0 Å². The highest BCUT2D eigenvalue weighted by atomic mass is 16.5. The summed E-state index contributed by atoms with van der Waals surface area (Å²) in [5.74, 6) is 0. The first-order valence-corrected chi connectivity index (χ1v) is 6.11. The van der Waals surface area contributed by atoms with Gasteiger partial charge in [-0.15, -0.1) is 0 Å². The van der Waals surface area contributed by atoms with Crippen LogP contribution in [0.4, 0.5) is 0 Å². The molecule has 0 saturated heterocycles. The monoisotopic (exact) mass is 199 g/mol. The molecule has 1 rings (SSSR count). The molecule has 1 fully saturated rings. The van der Waals surface area contributed by atoms with Gasteiger partial charge in [-0.1, -0.05) is 13.8 Å². The first-order valence-electron chi connectivity index (χ1n) is 6.11. The molecule has 1 aliphatic carbocycles. The fourth-order valence-corrected chi connectivity index (χ4v) is 2.00. The number of rotatable bonds is 7. The minimum Gasteiger partial charge on any atom is -0.372 e. The van der Waals surface area contributed by atoms with Gasteiger partial charge in [0.1, 0.15) is 0 Å². The Kier molecular flexibility index (Phi) is 4.90. The number of hydrogen-bond acceptors (Lipinski definition) is 2. The van der Waals surface area contributed by atoms with E-state index >= 15 is 0 Å². The maximum Gasteiger partial charge on any atom is 0.0698 e. The van der Waals surface area contributed by atoms with Crippen LogP contribution in [0.2, 0.25) is 0 Å². The van der Waals surface area contributed by atoms with Gasteiger partial charge in [-0.3, -0.25) is 0 Å². The van der Waals surface area contributed by atoms with Crippen LogP contribution >= 0.6 is 0 Å². The molecule has 0 aromatic rings. The summed E-state index contributed by atoms with van der Waals surface area (Å²) >= 11 is 0. The van der Waals surface area contributed by atoms with Crippen molar-refractivity contribution in [3.05, 3.63) is 0 Å². The predicted octanol–water partition coefficient (Wildman–Crippen LogP) is 2.72. The Hall–Kier alpha value is -0.0800. The number of hydrogen-bond donors (Lipinski definition) is 1. The lowest BCUT2D eigenvalue weighted by atomic mass is 9.77. The van der Waals surface area contributed by atoms with Crippen LogP contribution in [0.15, 0.2) is 0 Å². The Bertz CT molecular complexity index is 154. The summed E-state index contributed by atoms with van der Waals surface area (Å²) in [4.78, 5) is 0. The fourth-order valence-electron chi connectivity index (χ4n) is 2.00. The van der Waals surface area contributed by atoms with Gasteiger partial charge in [-0.05, 0) is 52.1 Å². The van der Waals surface area contributed by atoms with Gasteiger partial charge < -0.3 is 10.1 Å². The molecule has 0 bridgehead atoms. The van der Waals surface area contributed by atoms with E-state index in [-0.39, 0.29) is 5.60 Å². The van der Waals surface area contributed by atoms with E-state index in [1.807, 2.05) is 0 Å². The maximum atomic E-state index is 6.13. The zero-order chi connectivity index (χ0) is 10.4.